The zero-order chi connectivity index (χ0) is 13.0. The maximum Gasteiger partial charge on any atom is 0.238 e. The lowest BCUT2D eigenvalue weighted by molar-refractivity contribution is -0.120. The smallest absolute Gasteiger partial charge is 0.238 e. The molecule has 1 aromatic heterocycles. The standard InChI is InChI=1S/C13H16N4O/c1-10-7-15-17(8-10)9-12-5-3-2-4-11(12)6-13(18)16-14/h2-5,7-8H,6,9,14H2,1H3,(H,16,18). The molecule has 3 N–H and O–H groups in total. The van der Waals surface area contributed by atoms with Gasteiger partial charge >= 0.3 is 0 Å². The maximum absolute atomic E-state index is 11.3. The SMILES string of the molecule is Cc1cnn(Cc2ccccc2CC(=O)NN)c1. The van der Waals surface area contributed by atoms with Gasteiger partial charge in [-0.05, 0) is 23.6 Å². The van der Waals surface area contributed by atoms with E-state index >= 15 is 0 Å². The molecule has 0 atom stereocenters. The van der Waals surface area contributed by atoms with Crippen LogP contribution in [0.1, 0.15) is 16.7 Å². The quantitative estimate of drug-likeness (QED) is 0.474. The minimum Gasteiger partial charge on any atom is -0.294 e. The summed E-state index contributed by atoms with van der Waals surface area (Å²) in [6.07, 6.45) is 4.07. The first-order valence-electron chi connectivity index (χ1n) is 5.74. The minimum atomic E-state index is -0.195. The number of carbonyl (C=O) groups is 1. The van der Waals surface area contributed by atoms with Crippen molar-refractivity contribution in [3.8, 4) is 0 Å². The van der Waals surface area contributed by atoms with E-state index in [1.807, 2.05) is 48.3 Å². The van der Waals surface area contributed by atoms with Gasteiger partial charge in [0.1, 0.15) is 0 Å². The molecule has 2 aromatic rings. The van der Waals surface area contributed by atoms with Gasteiger partial charge in [-0.1, -0.05) is 24.3 Å². The number of nitrogens with zero attached hydrogens (tertiary/aromatic N) is 2. The second kappa shape index (κ2) is 5.46. The first-order valence-corrected chi connectivity index (χ1v) is 5.74. The fraction of sp³-hybridized carbons (Fsp3) is 0.231. The highest BCUT2D eigenvalue weighted by molar-refractivity contribution is 5.78. The summed E-state index contributed by atoms with van der Waals surface area (Å²) in [6.45, 7) is 2.65. The van der Waals surface area contributed by atoms with Crippen molar-refractivity contribution in [3.63, 3.8) is 0 Å². The van der Waals surface area contributed by atoms with E-state index < -0.39 is 0 Å². The van der Waals surface area contributed by atoms with Gasteiger partial charge in [0.05, 0.1) is 19.2 Å². The molecule has 1 amide bonds. The normalized spacial score (nSPS) is 10.3. The second-order valence-electron chi connectivity index (χ2n) is 4.23. The number of amides is 1. The van der Waals surface area contributed by atoms with E-state index in [1.165, 1.54) is 0 Å². The van der Waals surface area contributed by atoms with E-state index in [-0.39, 0.29) is 12.3 Å². The average molecular weight is 244 g/mol. The van der Waals surface area contributed by atoms with Gasteiger partial charge < -0.3 is 0 Å². The van der Waals surface area contributed by atoms with Crippen LogP contribution in [0.2, 0.25) is 0 Å². The van der Waals surface area contributed by atoms with Crippen molar-refractivity contribution >= 4 is 5.91 Å². The number of rotatable bonds is 4. The molecule has 0 unspecified atom stereocenters. The monoisotopic (exact) mass is 244 g/mol. The molecule has 5 nitrogen and oxygen atoms in total. The van der Waals surface area contributed by atoms with E-state index in [4.69, 9.17) is 5.84 Å². The number of nitrogens with one attached hydrogen (secondary N) is 1. The van der Waals surface area contributed by atoms with Crippen LogP contribution in [0, 0.1) is 6.92 Å². The molecule has 0 spiro atoms. The number of hydrogen-bond donors (Lipinski definition) is 2. The van der Waals surface area contributed by atoms with Crippen LogP contribution in [-0.2, 0) is 17.8 Å². The van der Waals surface area contributed by atoms with E-state index in [0.717, 1.165) is 16.7 Å². The summed E-state index contributed by atoms with van der Waals surface area (Å²) in [5, 5.41) is 4.24. The molecule has 0 bridgehead atoms. The van der Waals surface area contributed by atoms with Gasteiger partial charge in [-0.3, -0.25) is 14.9 Å². The van der Waals surface area contributed by atoms with Crippen molar-refractivity contribution < 1.29 is 4.79 Å². The Hall–Kier alpha value is -2.14. The molecule has 18 heavy (non-hydrogen) atoms. The molecule has 0 saturated heterocycles. The van der Waals surface area contributed by atoms with E-state index in [1.54, 1.807) is 0 Å². The molecule has 0 radical (unpaired) electrons. The Bertz CT molecular complexity index is 547. The molecule has 1 heterocycles. The number of carbonyl (C=O) groups excluding carboxylic acids is 1. The predicted octanol–water partition coefficient (Wildman–Crippen LogP) is 0.772. The van der Waals surface area contributed by atoms with Gasteiger partial charge in [0.25, 0.3) is 0 Å². The lowest BCUT2D eigenvalue weighted by Gasteiger charge is -2.08. The van der Waals surface area contributed by atoms with E-state index in [9.17, 15) is 4.79 Å². The lowest BCUT2D eigenvalue weighted by Crippen LogP contribution is -2.31. The molecule has 2 rings (SSSR count). The number of aryl methyl sites for hydroxylation is 1. The zero-order valence-electron chi connectivity index (χ0n) is 10.3. The van der Waals surface area contributed by atoms with E-state index in [0.29, 0.717) is 6.54 Å². The van der Waals surface area contributed by atoms with Crippen molar-refractivity contribution in [2.45, 2.75) is 19.9 Å². The summed E-state index contributed by atoms with van der Waals surface area (Å²) in [6, 6.07) is 7.80. The van der Waals surface area contributed by atoms with Gasteiger partial charge in [0.15, 0.2) is 0 Å². The second-order valence-corrected chi connectivity index (χ2v) is 4.23. The molecular weight excluding hydrogens is 228 g/mol. The van der Waals surface area contributed by atoms with Gasteiger partial charge in [0.2, 0.25) is 5.91 Å². The Morgan fingerprint density at radius 1 is 1.39 bits per heavy atom. The van der Waals surface area contributed by atoms with Gasteiger partial charge in [-0.25, -0.2) is 5.84 Å². The summed E-state index contributed by atoms with van der Waals surface area (Å²) in [5.41, 5.74) is 5.30. The number of hydrazine groups is 1. The van der Waals surface area contributed by atoms with Crippen LogP contribution in [0.4, 0.5) is 0 Å². The Kier molecular flexibility index (Phi) is 3.74. The highest BCUT2D eigenvalue weighted by atomic mass is 16.2. The van der Waals surface area contributed by atoms with Gasteiger partial charge in [-0.15, -0.1) is 0 Å². The lowest BCUT2D eigenvalue weighted by atomic mass is 10.0. The van der Waals surface area contributed by atoms with Crippen molar-refractivity contribution in [2.75, 3.05) is 0 Å². The van der Waals surface area contributed by atoms with Crippen molar-refractivity contribution in [1.29, 1.82) is 0 Å². The number of benzene rings is 1. The fourth-order valence-electron chi connectivity index (χ4n) is 1.84. The third kappa shape index (κ3) is 2.95. The largest absolute Gasteiger partial charge is 0.294 e. The van der Waals surface area contributed by atoms with Crippen LogP contribution in [0.25, 0.3) is 0 Å². The summed E-state index contributed by atoms with van der Waals surface area (Å²) in [5.74, 6) is 4.91. The number of aromatic nitrogens is 2. The molecule has 0 aliphatic rings. The van der Waals surface area contributed by atoms with Crippen LogP contribution in [0.15, 0.2) is 36.7 Å². The van der Waals surface area contributed by atoms with Gasteiger partial charge in [0, 0.05) is 6.20 Å². The highest BCUT2D eigenvalue weighted by Gasteiger charge is 2.07. The van der Waals surface area contributed by atoms with Crippen molar-refractivity contribution in [1.82, 2.24) is 15.2 Å². The van der Waals surface area contributed by atoms with Crippen molar-refractivity contribution in [3.05, 3.63) is 53.3 Å². The summed E-state index contributed by atoms with van der Waals surface area (Å²) in [7, 11) is 0. The Morgan fingerprint density at radius 2 is 2.11 bits per heavy atom. The highest BCUT2D eigenvalue weighted by Crippen LogP contribution is 2.11. The van der Waals surface area contributed by atoms with E-state index in [2.05, 4.69) is 10.5 Å². The molecule has 0 aliphatic heterocycles. The third-order valence-electron chi connectivity index (χ3n) is 2.73. The van der Waals surface area contributed by atoms with Crippen LogP contribution in [0.3, 0.4) is 0 Å². The van der Waals surface area contributed by atoms with Crippen LogP contribution < -0.4 is 11.3 Å². The average Bonchev–Trinajstić information content (AvgIpc) is 2.77. The predicted molar refractivity (Wildman–Crippen MR) is 68.5 cm³/mol. The van der Waals surface area contributed by atoms with Gasteiger partial charge in [-0.2, -0.15) is 5.10 Å². The molecule has 0 saturated carbocycles. The summed E-state index contributed by atoms with van der Waals surface area (Å²) < 4.78 is 1.86. The minimum absolute atomic E-state index is 0.195. The summed E-state index contributed by atoms with van der Waals surface area (Å²) in [4.78, 5) is 11.3. The van der Waals surface area contributed by atoms with Crippen LogP contribution >= 0.6 is 0 Å². The number of hydrogen-bond acceptors (Lipinski definition) is 3. The molecule has 1 aromatic carbocycles. The molecule has 94 valence electrons. The summed E-state index contributed by atoms with van der Waals surface area (Å²) >= 11 is 0. The maximum atomic E-state index is 11.3. The first-order chi connectivity index (χ1) is 8.69. The van der Waals surface area contributed by atoms with Crippen LogP contribution in [-0.4, -0.2) is 15.7 Å². The third-order valence-corrected chi connectivity index (χ3v) is 2.73. The Balaban J connectivity index is 2.19. The van der Waals surface area contributed by atoms with Crippen LogP contribution in [0.5, 0.6) is 0 Å². The topological polar surface area (TPSA) is 72.9 Å². The first kappa shape index (κ1) is 12.3. The van der Waals surface area contributed by atoms with Crippen molar-refractivity contribution in [2.24, 2.45) is 5.84 Å². The molecule has 0 fully saturated rings. The fourth-order valence-corrected chi connectivity index (χ4v) is 1.84. The Labute approximate surface area is 106 Å². The zero-order valence-corrected chi connectivity index (χ0v) is 10.3. The molecule has 0 aliphatic carbocycles. The number of nitrogens with two attached hydrogens (primary N) is 1. The molecule has 5 heteroatoms. The molecular formula is C13H16N4O. The Morgan fingerprint density at radius 3 is 2.72 bits per heavy atom.